The molecule has 0 bridgehead atoms. The smallest absolute Gasteiger partial charge is 0.340 e. The first kappa shape index (κ1) is 26.5. The molecule has 0 atom stereocenters. The Morgan fingerprint density at radius 3 is 1.85 bits per heavy atom. The highest BCUT2D eigenvalue weighted by atomic mass is 79.9. The third kappa shape index (κ3) is 7.22. The van der Waals surface area contributed by atoms with Crippen LogP contribution in [0, 0.1) is 11.6 Å². The molecule has 2 rings (SSSR count). The van der Waals surface area contributed by atoms with Gasteiger partial charge in [-0.2, -0.15) is 0 Å². The van der Waals surface area contributed by atoms with Crippen molar-refractivity contribution in [1.82, 2.24) is 0 Å². The number of carbonyl (C=O) groups excluding carboxylic acids is 2. The SMILES string of the molecule is C.C.COC(=O)c1cc(Br)c(O)cc1F.COC(=O)c1ccc(O)cc1F. The molecule has 0 unspecified atom stereocenters. The summed E-state index contributed by atoms with van der Waals surface area (Å²) in [5.41, 5.74) is -0.400. The first-order valence-corrected chi connectivity index (χ1v) is 7.33. The van der Waals surface area contributed by atoms with Crippen molar-refractivity contribution in [1.29, 1.82) is 0 Å². The van der Waals surface area contributed by atoms with E-state index in [-0.39, 0.29) is 42.0 Å². The molecule has 2 aromatic rings. The molecule has 0 saturated carbocycles. The number of rotatable bonds is 2. The Morgan fingerprint density at radius 2 is 1.37 bits per heavy atom. The fourth-order valence-corrected chi connectivity index (χ4v) is 1.93. The average molecular weight is 451 g/mol. The van der Waals surface area contributed by atoms with E-state index in [1.807, 2.05) is 0 Å². The normalized spacial score (nSPS) is 8.93. The van der Waals surface area contributed by atoms with Gasteiger partial charge in [-0.3, -0.25) is 0 Å². The van der Waals surface area contributed by atoms with E-state index in [0.717, 1.165) is 38.5 Å². The summed E-state index contributed by atoms with van der Waals surface area (Å²) < 4.78 is 34.7. The van der Waals surface area contributed by atoms with Crippen LogP contribution in [0.5, 0.6) is 11.5 Å². The molecule has 27 heavy (non-hydrogen) atoms. The molecule has 0 heterocycles. The Kier molecular flexibility index (Phi) is 11.6. The number of hydrogen-bond donors (Lipinski definition) is 2. The second kappa shape index (κ2) is 11.8. The molecule has 0 saturated heterocycles. The number of halogens is 3. The van der Waals surface area contributed by atoms with Gasteiger partial charge < -0.3 is 19.7 Å². The lowest BCUT2D eigenvalue weighted by molar-refractivity contribution is 0.0586. The average Bonchev–Trinajstić information content (AvgIpc) is 2.57. The van der Waals surface area contributed by atoms with Crippen LogP contribution >= 0.6 is 15.9 Å². The highest BCUT2D eigenvalue weighted by Crippen LogP contribution is 2.26. The highest BCUT2D eigenvalue weighted by Gasteiger charge is 2.14. The van der Waals surface area contributed by atoms with Crippen LogP contribution < -0.4 is 0 Å². The topological polar surface area (TPSA) is 93.1 Å². The number of phenolic OH excluding ortho intramolecular Hbond substituents is 2. The summed E-state index contributed by atoms with van der Waals surface area (Å²) in [6.45, 7) is 0. The van der Waals surface area contributed by atoms with E-state index in [9.17, 15) is 18.4 Å². The number of esters is 2. The van der Waals surface area contributed by atoms with Crippen LogP contribution in [-0.2, 0) is 9.47 Å². The molecular formula is C18H21BrF2O6. The summed E-state index contributed by atoms with van der Waals surface area (Å²) in [5, 5.41) is 17.8. The van der Waals surface area contributed by atoms with Crippen LogP contribution in [0.4, 0.5) is 8.78 Å². The first-order valence-electron chi connectivity index (χ1n) is 6.54. The fraction of sp³-hybridized carbons (Fsp3) is 0.222. The number of ether oxygens (including phenoxy) is 2. The molecule has 0 aliphatic rings. The van der Waals surface area contributed by atoms with Crippen LogP contribution in [0.3, 0.4) is 0 Å². The summed E-state index contributed by atoms with van der Waals surface area (Å²) in [7, 11) is 2.32. The van der Waals surface area contributed by atoms with E-state index >= 15 is 0 Å². The molecule has 6 nitrogen and oxygen atoms in total. The number of aromatic hydroxyl groups is 2. The van der Waals surface area contributed by atoms with Gasteiger partial charge in [-0.05, 0) is 34.1 Å². The zero-order valence-electron chi connectivity index (χ0n) is 13.0. The quantitative estimate of drug-likeness (QED) is 0.645. The van der Waals surface area contributed by atoms with Gasteiger partial charge in [0, 0.05) is 12.1 Å². The van der Waals surface area contributed by atoms with Crippen LogP contribution in [-0.4, -0.2) is 36.4 Å². The maximum Gasteiger partial charge on any atom is 0.340 e. The lowest BCUT2D eigenvalue weighted by atomic mass is 10.2. The van der Waals surface area contributed by atoms with Crippen LogP contribution in [0.25, 0.3) is 0 Å². The number of methoxy groups -OCH3 is 2. The van der Waals surface area contributed by atoms with Crippen molar-refractivity contribution in [2.24, 2.45) is 0 Å². The summed E-state index contributed by atoms with van der Waals surface area (Å²) in [6.07, 6.45) is 0. The summed E-state index contributed by atoms with van der Waals surface area (Å²) in [5.74, 6) is -3.62. The van der Waals surface area contributed by atoms with E-state index in [2.05, 4.69) is 25.4 Å². The predicted molar refractivity (Wildman–Crippen MR) is 100.0 cm³/mol. The molecule has 0 amide bonds. The highest BCUT2D eigenvalue weighted by molar-refractivity contribution is 9.10. The summed E-state index contributed by atoms with van der Waals surface area (Å²) in [4.78, 5) is 21.7. The van der Waals surface area contributed by atoms with Crippen molar-refractivity contribution in [2.75, 3.05) is 14.2 Å². The van der Waals surface area contributed by atoms with Gasteiger partial charge in [-0.25, -0.2) is 18.4 Å². The van der Waals surface area contributed by atoms with Crippen LogP contribution in [0.1, 0.15) is 35.6 Å². The Hall–Kier alpha value is -2.68. The minimum absolute atomic E-state index is 0. The predicted octanol–water partition coefficient (Wildman–Crippen LogP) is 4.67. The van der Waals surface area contributed by atoms with Gasteiger partial charge in [-0.15, -0.1) is 0 Å². The van der Waals surface area contributed by atoms with Crippen molar-refractivity contribution in [2.45, 2.75) is 14.9 Å². The van der Waals surface area contributed by atoms with Gasteiger partial charge in [0.25, 0.3) is 0 Å². The minimum Gasteiger partial charge on any atom is -0.508 e. The molecule has 9 heteroatoms. The maximum absolute atomic E-state index is 13.0. The second-order valence-corrected chi connectivity index (χ2v) is 5.29. The molecule has 0 aliphatic carbocycles. The summed E-state index contributed by atoms with van der Waals surface area (Å²) in [6, 6.07) is 5.24. The maximum atomic E-state index is 13.0. The molecular weight excluding hydrogens is 430 g/mol. The zero-order valence-corrected chi connectivity index (χ0v) is 14.6. The molecule has 0 aromatic heterocycles. The Balaban J connectivity index is 0. The van der Waals surface area contributed by atoms with Gasteiger partial charge >= 0.3 is 11.9 Å². The molecule has 150 valence electrons. The van der Waals surface area contributed by atoms with Gasteiger partial charge in [0.1, 0.15) is 23.1 Å². The van der Waals surface area contributed by atoms with Crippen LogP contribution in [0.2, 0.25) is 0 Å². The van der Waals surface area contributed by atoms with Gasteiger partial charge in [0.05, 0.1) is 29.8 Å². The first-order chi connectivity index (χ1) is 11.7. The molecule has 2 N–H and O–H groups in total. The molecule has 2 aromatic carbocycles. The van der Waals surface area contributed by atoms with E-state index in [0.29, 0.717) is 0 Å². The third-order valence-electron chi connectivity index (χ3n) is 2.80. The summed E-state index contributed by atoms with van der Waals surface area (Å²) >= 11 is 2.95. The Morgan fingerprint density at radius 1 is 0.889 bits per heavy atom. The fourth-order valence-electron chi connectivity index (χ4n) is 1.58. The van der Waals surface area contributed by atoms with E-state index in [1.165, 1.54) is 6.07 Å². The van der Waals surface area contributed by atoms with Crippen molar-refractivity contribution < 1.29 is 38.1 Å². The van der Waals surface area contributed by atoms with E-state index in [4.69, 9.17) is 10.2 Å². The van der Waals surface area contributed by atoms with Gasteiger partial charge in [-0.1, -0.05) is 14.9 Å². The largest absolute Gasteiger partial charge is 0.508 e. The van der Waals surface area contributed by atoms with Crippen LogP contribution in [0.15, 0.2) is 34.8 Å². The number of phenols is 2. The minimum atomic E-state index is -0.812. The van der Waals surface area contributed by atoms with Crippen molar-refractivity contribution in [3.05, 3.63) is 57.6 Å². The Labute approximate surface area is 164 Å². The second-order valence-electron chi connectivity index (χ2n) is 4.43. The molecule has 0 radical (unpaired) electrons. The van der Waals surface area contributed by atoms with Crippen molar-refractivity contribution in [3.8, 4) is 11.5 Å². The Bertz CT molecular complexity index is 796. The molecule has 0 fully saturated rings. The van der Waals surface area contributed by atoms with E-state index < -0.39 is 23.6 Å². The zero-order chi connectivity index (χ0) is 19.1. The number of hydrogen-bond acceptors (Lipinski definition) is 6. The lowest BCUT2D eigenvalue weighted by Crippen LogP contribution is -2.04. The van der Waals surface area contributed by atoms with Gasteiger partial charge in [0.15, 0.2) is 0 Å². The monoisotopic (exact) mass is 450 g/mol. The van der Waals surface area contributed by atoms with Crippen molar-refractivity contribution in [3.63, 3.8) is 0 Å². The van der Waals surface area contributed by atoms with E-state index in [1.54, 1.807) is 0 Å². The lowest BCUT2D eigenvalue weighted by Gasteiger charge is -2.02. The van der Waals surface area contributed by atoms with Crippen molar-refractivity contribution >= 4 is 27.9 Å². The molecule has 0 spiro atoms. The molecule has 0 aliphatic heterocycles. The number of benzene rings is 2. The number of carbonyl (C=O) groups is 2. The standard InChI is InChI=1S/C8H6BrFO3.C8H7FO3.2CH4/c1-13-8(12)4-2-5(9)7(11)3-6(4)10;1-12-8(11)6-3-2-5(10)4-7(6)9;;/h2-3,11H,1H3;2-4,10H,1H3;2*1H4. The van der Waals surface area contributed by atoms with Gasteiger partial charge in [0.2, 0.25) is 0 Å². The third-order valence-corrected chi connectivity index (χ3v) is 3.43.